The van der Waals surface area contributed by atoms with E-state index in [-0.39, 0.29) is 22.8 Å². The van der Waals surface area contributed by atoms with E-state index in [4.69, 9.17) is 9.15 Å². The van der Waals surface area contributed by atoms with Crippen LogP contribution in [0.2, 0.25) is 0 Å². The average molecular weight is 405 g/mol. The molecule has 2 aromatic carbocycles. The van der Waals surface area contributed by atoms with Crippen LogP contribution in [-0.2, 0) is 11.0 Å². The fraction of sp³-hybridized carbons (Fsp3) is 0.100. The number of benzene rings is 2. The Morgan fingerprint density at radius 3 is 2.48 bits per heavy atom. The first kappa shape index (κ1) is 20.0. The lowest BCUT2D eigenvalue weighted by molar-refractivity contribution is -0.137. The molecule has 0 saturated heterocycles. The van der Waals surface area contributed by atoms with Gasteiger partial charge in [0.25, 0.3) is 0 Å². The summed E-state index contributed by atoms with van der Waals surface area (Å²) < 4.78 is 47.7. The number of phenolic OH excluding ortho intramolecular Hbond substituents is 1. The second kappa shape index (κ2) is 7.70. The molecule has 0 radical (unpaired) electrons. The minimum atomic E-state index is -4.44. The van der Waals surface area contributed by atoms with E-state index >= 15 is 0 Å². The number of anilines is 1. The molecule has 0 aliphatic rings. The van der Waals surface area contributed by atoms with Crippen molar-refractivity contribution < 1.29 is 32.2 Å². The van der Waals surface area contributed by atoms with Gasteiger partial charge in [-0.2, -0.15) is 13.2 Å². The summed E-state index contributed by atoms with van der Waals surface area (Å²) in [5.74, 6) is -0.729. The predicted molar refractivity (Wildman–Crippen MR) is 99.8 cm³/mol. The van der Waals surface area contributed by atoms with Crippen molar-refractivity contribution in [2.24, 2.45) is 0 Å². The molecule has 0 unspecified atom stereocenters. The van der Waals surface area contributed by atoms with E-state index in [0.717, 1.165) is 18.2 Å². The minimum Gasteiger partial charge on any atom is -0.504 e. The minimum absolute atomic E-state index is 0.103. The summed E-state index contributed by atoms with van der Waals surface area (Å²) >= 11 is 0. The molecule has 1 amide bonds. The van der Waals surface area contributed by atoms with Crippen LogP contribution in [0.3, 0.4) is 0 Å². The molecule has 3 rings (SSSR count). The second-order valence-electron chi connectivity index (χ2n) is 5.95. The molecule has 0 saturated carbocycles. The average Bonchev–Trinajstić information content (AvgIpc) is 2.66. The summed E-state index contributed by atoms with van der Waals surface area (Å²) in [6.45, 7) is 0. The smallest absolute Gasteiger partial charge is 0.416 e. The topological polar surface area (TPSA) is 88.8 Å². The van der Waals surface area contributed by atoms with Crippen LogP contribution in [0.25, 0.3) is 17.0 Å². The van der Waals surface area contributed by atoms with E-state index in [1.165, 1.54) is 43.5 Å². The van der Waals surface area contributed by atoms with Crippen molar-refractivity contribution >= 4 is 28.6 Å². The van der Waals surface area contributed by atoms with Gasteiger partial charge in [-0.15, -0.1) is 0 Å². The lowest BCUT2D eigenvalue weighted by atomic mass is 10.1. The quantitative estimate of drug-likeness (QED) is 0.502. The Hall–Kier alpha value is -3.75. The zero-order valence-corrected chi connectivity index (χ0v) is 14.9. The van der Waals surface area contributed by atoms with Gasteiger partial charge in [-0.25, -0.2) is 4.79 Å². The molecule has 0 fully saturated rings. The number of phenols is 1. The lowest BCUT2D eigenvalue weighted by Crippen LogP contribution is -2.15. The van der Waals surface area contributed by atoms with Crippen molar-refractivity contribution in [3.05, 3.63) is 70.1 Å². The first-order valence-electron chi connectivity index (χ1n) is 8.18. The fourth-order valence-electron chi connectivity index (χ4n) is 2.52. The van der Waals surface area contributed by atoms with Crippen molar-refractivity contribution in [2.75, 3.05) is 12.4 Å². The molecule has 3 aromatic rings. The highest BCUT2D eigenvalue weighted by atomic mass is 19.4. The number of nitrogens with one attached hydrogen (secondary N) is 1. The Morgan fingerprint density at radius 2 is 1.86 bits per heavy atom. The highest BCUT2D eigenvalue weighted by Crippen LogP contribution is 2.31. The monoisotopic (exact) mass is 405 g/mol. The Balaban J connectivity index is 1.78. The zero-order chi connectivity index (χ0) is 21.2. The highest BCUT2D eigenvalue weighted by molar-refractivity contribution is 6.02. The van der Waals surface area contributed by atoms with Crippen LogP contribution in [0.4, 0.5) is 18.9 Å². The van der Waals surface area contributed by atoms with Gasteiger partial charge in [0.05, 0.1) is 12.7 Å². The summed E-state index contributed by atoms with van der Waals surface area (Å²) in [6, 6.07) is 8.24. The normalized spacial score (nSPS) is 11.7. The molecular formula is C20H14F3NO5. The Labute approximate surface area is 161 Å². The maximum Gasteiger partial charge on any atom is 0.416 e. The first-order valence-corrected chi connectivity index (χ1v) is 8.18. The number of ether oxygens (including phenoxy) is 1. The first-order chi connectivity index (χ1) is 13.7. The molecule has 0 aliphatic heterocycles. The maximum absolute atomic E-state index is 12.6. The third-order valence-electron chi connectivity index (χ3n) is 3.96. The lowest BCUT2D eigenvalue weighted by Gasteiger charge is -2.07. The van der Waals surface area contributed by atoms with Crippen LogP contribution in [-0.4, -0.2) is 18.1 Å². The summed E-state index contributed by atoms with van der Waals surface area (Å²) in [6.07, 6.45) is -2.06. The molecule has 150 valence electrons. The second-order valence-corrected chi connectivity index (χ2v) is 5.95. The molecule has 29 heavy (non-hydrogen) atoms. The number of halogens is 3. The third kappa shape index (κ3) is 4.57. The number of amides is 1. The molecule has 0 spiro atoms. The van der Waals surface area contributed by atoms with E-state index < -0.39 is 23.3 Å². The largest absolute Gasteiger partial charge is 0.504 e. The fourth-order valence-corrected chi connectivity index (χ4v) is 2.52. The predicted octanol–water partition coefficient (Wildman–Crippen LogP) is 4.18. The Morgan fingerprint density at radius 1 is 1.17 bits per heavy atom. The van der Waals surface area contributed by atoms with Crippen LogP contribution < -0.4 is 15.7 Å². The number of fused-ring (bicyclic) bond motifs is 1. The number of aromatic hydroxyl groups is 1. The summed E-state index contributed by atoms with van der Waals surface area (Å²) in [7, 11) is 1.36. The molecule has 0 bridgehead atoms. The van der Waals surface area contributed by atoms with Crippen molar-refractivity contribution in [1.29, 1.82) is 0 Å². The van der Waals surface area contributed by atoms with Gasteiger partial charge >= 0.3 is 11.8 Å². The van der Waals surface area contributed by atoms with Gasteiger partial charge in [0, 0.05) is 17.5 Å². The summed E-state index contributed by atoms with van der Waals surface area (Å²) in [5.41, 5.74) is -1.30. The standard InChI is InChI=1S/C20H14F3NO5/c1-28-17-9-12-8-14(19(27)29-16(12)10-15(17)25)24-18(26)7-4-11-2-5-13(6-3-11)20(21,22)23/h2-10,25H,1H3,(H,24,26). The van der Waals surface area contributed by atoms with E-state index in [0.29, 0.717) is 10.9 Å². The molecular weight excluding hydrogens is 391 g/mol. The molecule has 9 heteroatoms. The van der Waals surface area contributed by atoms with Gasteiger partial charge in [0.2, 0.25) is 5.91 Å². The van der Waals surface area contributed by atoms with Crippen LogP contribution in [0.1, 0.15) is 11.1 Å². The van der Waals surface area contributed by atoms with Gasteiger partial charge in [-0.1, -0.05) is 12.1 Å². The van der Waals surface area contributed by atoms with Crippen molar-refractivity contribution in [3.63, 3.8) is 0 Å². The number of carbonyl (C=O) groups excluding carboxylic acids is 1. The van der Waals surface area contributed by atoms with Crippen LogP contribution in [0.15, 0.2) is 57.8 Å². The molecule has 6 nitrogen and oxygen atoms in total. The highest BCUT2D eigenvalue weighted by Gasteiger charge is 2.29. The van der Waals surface area contributed by atoms with E-state index in [1.807, 2.05) is 0 Å². The number of hydrogen-bond donors (Lipinski definition) is 2. The zero-order valence-electron chi connectivity index (χ0n) is 14.9. The van der Waals surface area contributed by atoms with Gasteiger partial charge in [-0.3, -0.25) is 4.79 Å². The molecule has 2 N–H and O–H groups in total. The Bertz CT molecular complexity index is 1150. The molecule has 1 heterocycles. The van der Waals surface area contributed by atoms with Crippen LogP contribution >= 0.6 is 0 Å². The van der Waals surface area contributed by atoms with Crippen molar-refractivity contribution in [3.8, 4) is 11.5 Å². The number of alkyl halides is 3. The summed E-state index contributed by atoms with van der Waals surface area (Å²) in [4.78, 5) is 24.1. The van der Waals surface area contributed by atoms with Crippen molar-refractivity contribution in [2.45, 2.75) is 6.18 Å². The number of hydrogen-bond acceptors (Lipinski definition) is 5. The van der Waals surface area contributed by atoms with E-state index in [1.54, 1.807) is 0 Å². The van der Waals surface area contributed by atoms with Crippen molar-refractivity contribution in [1.82, 2.24) is 0 Å². The van der Waals surface area contributed by atoms with Gasteiger partial charge < -0.3 is 19.6 Å². The number of carbonyl (C=O) groups is 1. The van der Waals surface area contributed by atoms with Gasteiger partial charge in [-0.05, 0) is 35.9 Å². The summed E-state index contributed by atoms with van der Waals surface area (Å²) in [5, 5.41) is 12.5. The Kier molecular flexibility index (Phi) is 5.31. The SMILES string of the molecule is COc1cc2cc(NC(=O)C=Cc3ccc(C(F)(F)F)cc3)c(=O)oc2cc1O. The maximum atomic E-state index is 12.6. The number of methoxy groups -OCH3 is 1. The van der Waals surface area contributed by atoms with Gasteiger partial charge in [0.15, 0.2) is 11.5 Å². The number of rotatable bonds is 4. The van der Waals surface area contributed by atoms with E-state index in [2.05, 4.69) is 5.32 Å². The van der Waals surface area contributed by atoms with Crippen LogP contribution in [0, 0.1) is 0 Å². The molecule has 1 aromatic heterocycles. The van der Waals surface area contributed by atoms with Crippen LogP contribution in [0.5, 0.6) is 11.5 Å². The molecule has 0 aliphatic carbocycles. The molecule has 0 atom stereocenters. The third-order valence-corrected chi connectivity index (χ3v) is 3.96. The van der Waals surface area contributed by atoms with E-state index in [9.17, 15) is 27.9 Å². The van der Waals surface area contributed by atoms with Gasteiger partial charge in [0.1, 0.15) is 11.3 Å².